The lowest BCUT2D eigenvalue weighted by molar-refractivity contribution is -0.0461. The highest BCUT2D eigenvalue weighted by Gasteiger charge is 2.31. The van der Waals surface area contributed by atoms with Crippen LogP contribution in [-0.2, 0) is 12.8 Å². The van der Waals surface area contributed by atoms with Crippen LogP contribution < -0.4 is 10.6 Å². The second-order valence-corrected chi connectivity index (χ2v) is 8.20. The number of fused-ring (bicyclic) bond motifs is 1. The summed E-state index contributed by atoms with van der Waals surface area (Å²) in [5, 5.41) is 16.9. The summed E-state index contributed by atoms with van der Waals surface area (Å²) in [6, 6.07) is 8.82. The third kappa shape index (κ3) is 4.26. The molecule has 1 aliphatic carbocycles. The number of aliphatic hydroxyl groups is 1. The van der Waals surface area contributed by atoms with Crippen molar-refractivity contribution in [2.24, 2.45) is 0 Å². The van der Waals surface area contributed by atoms with Gasteiger partial charge in [-0.3, -0.25) is 9.69 Å². The Kier molecular flexibility index (Phi) is 5.78. The number of hydrogen-bond donors (Lipinski definition) is 3. The fraction of sp³-hybridized carbons (Fsp3) is 0.500. The molecular formula is C22H29N5O2. The van der Waals surface area contributed by atoms with Crippen LogP contribution in [0.25, 0.3) is 0 Å². The van der Waals surface area contributed by atoms with Gasteiger partial charge in [-0.25, -0.2) is 9.97 Å². The van der Waals surface area contributed by atoms with E-state index in [1.807, 2.05) is 17.0 Å². The molecule has 0 spiro atoms. The Morgan fingerprint density at radius 2 is 1.72 bits per heavy atom. The van der Waals surface area contributed by atoms with E-state index in [0.29, 0.717) is 5.82 Å². The molecule has 3 atom stereocenters. The summed E-state index contributed by atoms with van der Waals surface area (Å²) < 4.78 is 0. The maximum atomic E-state index is 12.9. The molecule has 2 aromatic rings. The summed E-state index contributed by atoms with van der Waals surface area (Å²) in [4.78, 5) is 23.5. The molecule has 7 heteroatoms. The molecule has 0 saturated carbocycles. The number of nitrogens with zero attached hydrogens (tertiary/aromatic N) is 3. The molecule has 2 heterocycles. The van der Waals surface area contributed by atoms with Gasteiger partial charge in [0.1, 0.15) is 0 Å². The molecule has 0 bridgehead atoms. The molecule has 0 radical (unpaired) electrons. The summed E-state index contributed by atoms with van der Waals surface area (Å²) in [5.41, 5.74) is 2.76. The zero-order chi connectivity index (χ0) is 20.4. The fourth-order valence-corrected chi connectivity index (χ4v) is 4.64. The molecule has 2 aliphatic rings. The monoisotopic (exact) mass is 395 g/mol. The first-order valence-corrected chi connectivity index (χ1v) is 10.4. The van der Waals surface area contributed by atoms with E-state index in [1.165, 1.54) is 23.5 Å². The lowest BCUT2D eigenvalue weighted by Gasteiger charge is -2.42. The highest BCUT2D eigenvalue weighted by Crippen LogP contribution is 2.25. The molecule has 7 nitrogen and oxygen atoms in total. The van der Waals surface area contributed by atoms with Crippen molar-refractivity contribution in [3.05, 3.63) is 53.5 Å². The van der Waals surface area contributed by atoms with E-state index in [1.54, 1.807) is 0 Å². The summed E-state index contributed by atoms with van der Waals surface area (Å²) in [6.45, 7) is 4.23. The SMILES string of the molecule is C[C@@H]1CCC[C@H](C)N1C(O)Nc1nccnc1C(=O)NC1Cc2ccccc2C1. The van der Waals surface area contributed by atoms with Crippen LogP contribution in [0.5, 0.6) is 0 Å². The molecule has 1 aromatic heterocycles. The Morgan fingerprint density at radius 3 is 2.38 bits per heavy atom. The minimum absolute atomic E-state index is 0.0434. The first kappa shape index (κ1) is 19.8. The largest absolute Gasteiger partial charge is 0.361 e. The Morgan fingerprint density at radius 1 is 1.10 bits per heavy atom. The normalized spacial score (nSPS) is 23.4. The van der Waals surface area contributed by atoms with Crippen molar-refractivity contribution in [3.63, 3.8) is 0 Å². The Bertz CT molecular complexity index is 839. The molecule has 1 unspecified atom stereocenters. The van der Waals surface area contributed by atoms with E-state index < -0.39 is 6.35 Å². The van der Waals surface area contributed by atoms with Crippen LogP contribution in [0.3, 0.4) is 0 Å². The van der Waals surface area contributed by atoms with Gasteiger partial charge in [0, 0.05) is 30.5 Å². The molecule has 1 fully saturated rings. The Hall–Kier alpha value is -2.51. The molecule has 4 rings (SSSR count). The van der Waals surface area contributed by atoms with Gasteiger partial charge in [-0.05, 0) is 50.7 Å². The number of carbonyl (C=O) groups excluding carboxylic acids is 1. The van der Waals surface area contributed by atoms with Crippen molar-refractivity contribution < 1.29 is 9.90 Å². The Balaban J connectivity index is 1.45. The van der Waals surface area contributed by atoms with Crippen LogP contribution in [0.15, 0.2) is 36.7 Å². The van der Waals surface area contributed by atoms with Crippen LogP contribution in [-0.4, -0.2) is 50.4 Å². The standard InChI is InChI=1S/C22H29N5O2/c1-14-6-5-7-15(2)27(14)22(29)26-20-19(23-10-11-24-20)21(28)25-18-12-16-8-3-4-9-17(16)13-18/h3-4,8-11,14-15,18,22,29H,5-7,12-13H2,1-2H3,(H,24,26)(H,25,28)/t14-,15+,22?. The van der Waals surface area contributed by atoms with E-state index >= 15 is 0 Å². The molecule has 29 heavy (non-hydrogen) atoms. The van der Waals surface area contributed by atoms with Gasteiger partial charge in [0.05, 0.1) is 0 Å². The zero-order valence-electron chi connectivity index (χ0n) is 17.0. The first-order chi connectivity index (χ1) is 14.0. The number of nitrogens with one attached hydrogen (secondary N) is 2. The Labute approximate surface area is 171 Å². The van der Waals surface area contributed by atoms with E-state index in [-0.39, 0.29) is 29.7 Å². The lowest BCUT2D eigenvalue weighted by atomic mass is 9.98. The molecule has 1 aromatic carbocycles. The number of rotatable bonds is 5. The van der Waals surface area contributed by atoms with Crippen molar-refractivity contribution in [2.75, 3.05) is 5.32 Å². The molecular weight excluding hydrogens is 366 g/mol. The van der Waals surface area contributed by atoms with Crippen LogP contribution in [0.2, 0.25) is 0 Å². The van der Waals surface area contributed by atoms with Gasteiger partial charge in [-0.1, -0.05) is 30.7 Å². The maximum Gasteiger partial charge on any atom is 0.273 e. The predicted molar refractivity (Wildman–Crippen MR) is 111 cm³/mol. The van der Waals surface area contributed by atoms with Gasteiger partial charge >= 0.3 is 0 Å². The number of amides is 1. The highest BCUT2D eigenvalue weighted by molar-refractivity contribution is 5.97. The highest BCUT2D eigenvalue weighted by atomic mass is 16.3. The number of benzene rings is 1. The van der Waals surface area contributed by atoms with Gasteiger partial charge in [0.25, 0.3) is 5.91 Å². The summed E-state index contributed by atoms with van der Waals surface area (Å²) >= 11 is 0. The topological polar surface area (TPSA) is 90.4 Å². The van der Waals surface area contributed by atoms with Crippen molar-refractivity contribution in [3.8, 4) is 0 Å². The van der Waals surface area contributed by atoms with Crippen molar-refractivity contribution in [1.82, 2.24) is 20.2 Å². The van der Waals surface area contributed by atoms with E-state index in [4.69, 9.17) is 0 Å². The molecule has 154 valence electrons. The second kappa shape index (κ2) is 8.47. The fourth-order valence-electron chi connectivity index (χ4n) is 4.64. The minimum atomic E-state index is -0.917. The number of carbonyl (C=O) groups is 1. The minimum Gasteiger partial charge on any atom is -0.361 e. The zero-order valence-corrected chi connectivity index (χ0v) is 17.0. The van der Waals surface area contributed by atoms with E-state index in [9.17, 15) is 9.90 Å². The average Bonchev–Trinajstić information content (AvgIpc) is 3.10. The van der Waals surface area contributed by atoms with Gasteiger partial charge in [-0.15, -0.1) is 0 Å². The number of aromatic nitrogens is 2. The third-order valence-electron chi connectivity index (χ3n) is 6.11. The summed E-state index contributed by atoms with van der Waals surface area (Å²) in [6.07, 6.45) is 6.99. The second-order valence-electron chi connectivity index (χ2n) is 8.20. The number of piperidine rings is 1. The molecule has 1 amide bonds. The lowest BCUT2D eigenvalue weighted by Crippen LogP contribution is -2.53. The third-order valence-corrected chi connectivity index (χ3v) is 6.11. The molecule has 1 aliphatic heterocycles. The smallest absolute Gasteiger partial charge is 0.273 e. The summed E-state index contributed by atoms with van der Waals surface area (Å²) in [7, 11) is 0. The average molecular weight is 396 g/mol. The first-order valence-electron chi connectivity index (χ1n) is 10.4. The van der Waals surface area contributed by atoms with Crippen molar-refractivity contribution in [1.29, 1.82) is 0 Å². The number of aliphatic hydroxyl groups excluding tert-OH is 1. The van der Waals surface area contributed by atoms with Crippen LogP contribution in [0, 0.1) is 0 Å². The molecule has 1 saturated heterocycles. The van der Waals surface area contributed by atoms with E-state index in [2.05, 4.69) is 46.6 Å². The van der Waals surface area contributed by atoms with Crippen LogP contribution >= 0.6 is 0 Å². The number of hydrogen-bond acceptors (Lipinski definition) is 6. The molecule has 3 N–H and O–H groups in total. The van der Waals surface area contributed by atoms with Gasteiger partial charge in [0.2, 0.25) is 0 Å². The van der Waals surface area contributed by atoms with Gasteiger partial charge in [-0.2, -0.15) is 0 Å². The van der Waals surface area contributed by atoms with Gasteiger partial charge < -0.3 is 15.7 Å². The van der Waals surface area contributed by atoms with Gasteiger partial charge in [0.15, 0.2) is 17.9 Å². The number of anilines is 1. The maximum absolute atomic E-state index is 12.9. The summed E-state index contributed by atoms with van der Waals surface area (Å²) in [5.74, 6) is 0.0309. The predicted octanol–water partition coefficient (Wildman–Crippen LogP) is 2.32. The van der Waals surface area contributed by atoms with Crippen LogP contribution in [0.4, 0.5) is 5.82 Å². The van der Waals surface area contributed by atoms with Crippen molar-refractivity contribution in [2.45, 2.75) is 70.4 Å². The van der Waals surface area contributed by atoms with Crippen molar-refractivity contribution >= 4 is 11.7 Å². The number of likely N-dealkylation sites (tertiary alicyclic amines) is 1. The van der Waals surface area contributed by atoms with E-state index in [0.717, 1.165) is 32.1 Å². The quantitative estimate of drug-likeness (QED) is 0.673. The van der Waals surface area contributed by atoms with Crippen LogP contribution in [0.1, 0.15) is 54.7 Å².